The van der Waals surface area contributed by atoms with Crippen LogP contribution >= 0.6 is 35.6 Å². The fraction of sp³-hybridized carbons (Fsp3) is 0.391. The van der Waals surface area contributed by atoms with Crippen molar-refractivity contribution < 1.29 is 9.18 Å². The van der Waals surface area contributed by atoms with Crippen LogP contribution < -0.4 is 10.4 Å². The molecule has 1 saturated heterocycles. The van der Waals surface area contributed by atoms with Gasteiger partial charge in [0.05, 0.1) is 16.8 Å². The van der Waals surface area contributed by atoms with Gasteiger partial charge >= 0.3 is 0 Å². The number of benzene rings is 2. The number of hydrazine groups is 1. The van der Waals surface area contributed by atoms with E-state index < -0.39 is 0 Å². The Labute approximate surface area is 203 Å². The summed E-state index contributed by atoms with van der Waals surface area (Å²) in [5.74, 6) is -0.760. The van der Waals surface area contributed by atoms with E-state index in [1.54, 1.807) is 35.3 Å². The lowest BCUT2D eigenvalue weighted by Crippen LogP contribution is -2.46. The molecule has 1 amide bonds. The molecule has 0 saturated carbocycles. The minimum absolute atomic E-state index is 0. The van der Waals surface area contributed by atoms with Gasteiger partial charge in [0.25, 0.3) is 5.91 Å². The van der Waals surface area contributed by atoms with Gasteiger partial charge in [-0.25, -0.2) is 9.40 Å². The molecule has 2 aliphatic heterocycles. The number of anilines is 1. The molecule has 0 unspecified atom stereocenters. The van der Waals surface area contributed by atoms with Crippen LogP contribution in [0, 0.1) is 11.7 Å². The minimum Gasteiger partial charge on any atom is -0.284 e. The summed E-state index contributed by atoms with van der Waals surface area (Å²) in [5, 5.41) is 9.37. The van der Waals surface area contributed by atoms with Crippen molar-refractivity contribution in [2.75, 3.05) is 18.1 Å². The van der Waals surface area contributed by atoms with Crippen LogP contribution in [0.1, 0.15) is 44.2 Å². The van der Waals surface area contributed by atoms with Crippen LogP contribution in [0.5, 0.6) is 0 Å². The van der Waals surface area contributed by atoms with Crippen LogP contribution in [0.4, 0.5) is 10.1 Å². The second-order valence-corrected chi connectivity index (χ2v) is 8.90. The number of nitrogens with one attached hydrogen (secondary N) is 1. The largest absolute Gasteiger partial charge is 0.284 e. The molecule has 2 heterocycles. The number of carbonyl (C=O) groups is 1. The van der Waals surface area contributed by atoms with Crippen LogP contribution in [-0.4, -0.2) is 29.7 Å². The normalized spacial score (nSPS) is 21.5. The van der Waals surface area contributed by atoms with Gasteiger partial charge in [0, 0.05) is 24.0 Å². The van der Waals surface area contributed by atoms with E-state index in [9.17, 15) is 9.18 Å². The zero-order valence-corrected chi connectivity index (χ0v) is 20.1. The minimum atomic E-state index is -0.314. The van der Waals surface area contributed by atoms with Crippen LogP contribution in [0.25, 0.3) is 0 Å². The van der Waals surface area contributed by atoms with E-state index in [2.05, 4.69) is 10.5 Å². The first-order chi connectivity index (χ1) is 14.9. The average molecular weight is 500 g/mol. The molecule has 0 aliphatic carbocycles. The smallest absolute Gasteiger partial charge is 0.282 e. The third-order valence-corrected chi connectivity index (χ3v) is 6.39. The van der Waals surface area contributed by atoms with Crippen molar-refractivity contribution in [3.63, 3.8) is 0 Å². The van der Waals surface area contributed by atoms with E-state index in [-0.39, 0.29) is 36.1 Å². The fourth-order valence-corrected chi connectivity index (χ4v) is 4.72. The highest BCUT2D eigenvalue weighted by Gasteiger charge is 2.40. The number of hydrogen-bond acceptors (Lipinski definition) is 4. The standard InChI is InChI=1S/C23H25Cl2FN4O.ClH/c1-15-21(23(31)28-29-12-4-2-3-5-13-29)27-30(20-11-8-17(24)14-19(20)25)22(15)16-6-9-18(26)10-7-16;/h6-11,14-15,22H,2-5,12-13H2,1H3,(H,28,31);1H/t15-,22+;/m0./s1. The third-order valence-electron chi connectivity index (χ3n) is 5.85. The number of rotatable bonds is 4. The van der Waals surface area contributed by atoms with Crippen LogP contribution in [0.3, 0.4) is 0 Å². The van der Waals surface area contributed by atoms with Crippen molar-refractivity contribution >= 4 is 52.9 Å². The first kappa shape index (κ1) is 24.8. The summed E-state index contributed by atoms with van der Waals surface area (Å²) in [6.07, 6.45) is 4.48. The van der Waals surface area contributed by atoms with Crippen LogP contribution in [0.2, 0.25) is 10.0 Å². The maximum atomic E-state index is 13.6. The van der Waals surface area contributed by atoms with Crippen molar-refractivity contribution in [3.05, 3.63) is 63.9 Å². The van der Waals surface area contributed by atoms with Gasteiger partial charge in [0.15, 0.2) is 0 Å². The molecule has 2 aromatic rings. The molecule has 2 aliphatic rings. The van der Waals surface area contributed by atoms with E-state index in [0.29, 0.717) is 21.4 Å². The highest BCUT2D eigenvalue weighted by molar-refractivity contribution is 6.41. The maximum Gasteiger partial charge on any atom is 0.282 e. The monoisotopic (exact) mass is 498 g/mol. The summed E-state index contributed by atoms with van der Waals surface area (Å²) in [7, 11) is 0. The van der Waals surface area contributed by atoms with Gasteiger partial charge in [-0.2, -0.15) is 5.10 Å². The van der Waals surface area contributed by atoms with Crippen molar-refractivity contribution in [2.45, 2.75) is 38.6 Å². The molecule has 1 N–H and O–H groups in total. The highest BCUT2D eigenvalue weighted by Crippen LogP contribution is 2.42. The molecule has 0 radical (unpaired) electrons. The number of nitrogens with zero attached hydrogens (tertiary/aromatic N) is 3. The van der Waals surface area contributed by atoms with E-state index in [4.69, 9.17) is 23.2 Å². The Morgan fingerprint density at radius 3 is 2.34 bits per heavy atom. The SMILES string of the molecule is C[C@H]1C(C(=O)NN2CCCCCC2)=NN(c2ccc(Cl)cc2Cl)[C@H]1c1ccc(F)cc1.Cl. The zero-order chi connectivity index (χ0) is 22.0. The van der Waals surface area contributed by atoms with Crippen molar-refractivity contribution in [2.24, 2.45) is 11.0 Å². The second-order valence-electron chi connectivity index (χ2n) is 8.05. The fourth-order valence-electron chi connectivity index (χ4n) is 4.23. The Morgan fingerprint density at radius 2 is 1.72 bits per heavy atom. The molecule has 0 aromatic heterocycles. The summed E-state index contributed by atoms with van der Waals surface area (Å²) in [5.41, 5.74) is 4.94. The van der Waals surface area contributed by atoms with Crippen molar-refractivity contribution in [1.82, 2.24) is 10.4 Å². The number of halogens is 4. The van der Waals surface area contributed by atoms with Gasteiger partial charge in [-0.1, -0.05) is 55.1 Å². The molecule has 0 spiro atoms. The summed E-state index contributed by atoms with van der Waals surface area (Å²) in [6.45, 7) is 3.63. The third kappa shape index (κ3) is 5.37. The second kappa shape index (κ2) is 10.8. The van der Waals surface area contributed by atoms with E-state index in [1.165, 1.54) is 25.0 Å². The van der Waals surface area contributed by atoms with Crippen LogP contribution in [-0.2, 0) is 4.79 Å². The van der Waals surface area contributed by atoms with E-state index in [0.717, 1.165) is 31.5 Å². The lowest BCUT2D eigenvalue weighted by atomic mass is 9.91. The molecule has 172 valence electrons. The summed E-state index contributed by atoms with van der Waals surface area (Å²) >= 11 is 12.5. The topological polar surface area (TPSA) is 47.9 Å². The van der Waals surface area contributed by atoms with E-state index in [1.807, 2.05) is 11.9 Å². The molecule has 0 bridgehead atoms. The Bertz CT molecular complexity index is 978. The Hall–Kier alpha value is -1.86. The van der Waals surface area contributed by atoms with Crippen LogP contribution in [0.15, 0.2) is 47.6 Å². The average Bonchev–Trinajstić information content (AvgIpc) is 2.89. The molecule has 2 aromatic carbocycles. The van der Waals surface area contributed by atoms with Gasteiger partial charge < -0.3 is 0 Å². The summed E-state index contributed by atoms with van der Waals surface area (Å²) in [4.78, 5) is 13.2. The first-order valence-corrected chi connectivity index (χ1v) is 11.3. The lowest BCUT2D eigenvalue weighted by molar-refractivity contribution is -0.119. The Balaban J connectivity index is 0.00000289. The lowest BCUT2D eigenvalue weighted by Gasteiger charge is -2.27. The van der Waals surface area contributed by atoms with Crippen molar-refractivity contribution in [3.8, 4) is 0 Å². The number of amides is 1. The predicted molar refractivity (Wildman–Crippen MR) is 130 cm³/mol. The maximum absolute atomic E-state index is 13.6. The molecule has 32 heavy (non-hydrogen) atoms. The highest BCUT2D eigenvalue weighted by atomic mass is 35.5. The molecule has 5 nitrogen and oxygen atoms in total. The van der Waals surface area contributed by atoms with Gasteiger partial charge in [0.2, 0.25) is 0 Å². The number of carbonyl (C=O) groups excluding carboxylic acids is 1. The summed E-state index contributed by atoms with van der Waals surface area (Å²) in [6, 6.07) is 11.1. The summed E-state index contributed by atoms with van der Waals surface area (Å²) < 4.78 is 13.6. The molecular formula is C23H26Cl3FN4O. The molecule has 2 atom stereocenters. The Morgan fingerprint density at radius 1 is 1.06 bits per heavy atom. The zero-order valence-electron chi connectivity index (χ0n) is 17.7. The predicted octanol–water partition coefficient (Wildman–Crippen LogP) is 6.01. The number of hydrazone groups is 1. The quantitative estimate of drug-likeness (QED) is 0.560. The van der Waals surface area contributed by atoms with E-state index >= 15 is 0 Å². The molecular weight excluding hydrogens is 474 g/mol. The van der Waals surface area contributed by atoms with Gasteiger partial charge in [-0.3, -0.25) is 15.2 Å². The van der Waals surface area contributed by atoms with Gasteiger partial charge in [-0.15, -0.1) is 12.4 Å². The van der Waals surface area contributed by atoms with Gasteiger partial charge in [0.1, 0.15) is 11.5 Å². The first-order valence-electron chi connectivity index (χ1n) is 10.6. The number of hydrogen-bond donors (Lipinski definition) is 1. The molecule has 4 rings (SSSR count). The Kier molecular flexibility index (Phi) is 8.39. The molecule has 9 heteroatoms. The van der Waals surface area contributed by atoms with Gasteiger partial charge in [-0.05, 0) is 48.7 Å². The molecule has 1 fully saturated rings. The van der Waals surface area contributed by atoms with Crippen molar-refractivity contribution in [1.29, 1.82) is 0 Å².